The van der Waals surface area contributed by atoms with E-state index >= 15 is 0 Å². The van der Waals surface area contributed by atoms with Gasteiger partial charge in [-0.3, -0.25) is 4.79 Å². The molecule has 0 saturated heterocycles. The number of nitrogens with one attached hydrogen (secondary N) is 1. The second-order valence-electron chi connectivity index (χ2n) is 6.77. The van der Waals surface area contributed by atoms with E-state index in [9.17, 15) is 31.1 Å². The van der Waals surface area contributed by atoms with Gasteiger partial charge in [-0.2, -0.15) is 26.3 Å². The number of hydrogen-bond acceptors (Lipinski definition) is 5. The summed E-state index contributed by atoms with van der Waals surface area (Å²) in [5.74, 6) is -0.601. The van der Waals surface area contributed by atoms with Crippen LogP contribution in [0.15, 0.2) is 0 Å². The van der Waals surface area contributed by atoms with E-state index in [1.54, 1.807) is 0 Å². The highest BCUT2D eigenvalue weighted by atomic mass is 32.1. The molecule has 5 nitrogen and oxygen atoms in total. The Labute approximate surface area is 168 Å². The van der Waals surface area contributed by atoms with E-state index in [4.69, 9.17) is 4.74 Å². The fourth-order valence-electron chi connectivity index (χ4n) is 2.85. The molecule has 0 atom stereocenters. The van der Waals surface area contributed by atoms with Crippen LogP contribution in [0.5, 0.6) is 5.19 Å². The number of thiazole rings is 1. The van der Waals surface area contributed by atoms with E-state index in [0.717, 1.165) is 41.4 Å². The molecular formula is C17H23F6N3O2S. The molecule has 0 saturated carbocycles. The first kappa shape index (κ1) is 23.7. The molecule has 1 aliphatic rings. The number of fused-ring (bicyclic) bond motifs is 1. The Balaban J connectivity index is 1.61. The summed E-state index contributed by atoms with van der Waals surface area (Å²) in [4.78, 5) is 18.6. The number of carbonyl (C=O) groups is 1. The van der Waals surface area contributed by atoms with Crippen molar-refractivity contribution in [3.63, 3.8) is 0 Å². The third-order valence-electron chi connectivity index (χ3n) is 4.30. The lowest BCUT2D eigenvalue weighted by atomic mass is 10.2. The van der Waals surface area contributed by atoms with Crippen molar-refractivity contribution in [1.29, 1.82) is 0 Å². The zero-order valence-electron chi connectivity index (χ0n) is 15.7. The third-order valence-corrected chi connectivity index (χ3v) is 5.37. The summed E-state index contributed by atoms with van der Waals surface area (Å²) in [6.07, 6.45) is -7.66. The Morgan fingerprint density at radius 1 is 1.10 bits per heavy atom. The zero-order valence-corrected chi connectivity index (χ0v) is 16.5. The summed E-state index contributed by atoms with van der Waals surface area (Å²) in [6.45, 7) is 1.21. The molecule has 1 aromatic heterocycles. The Hall–Kier alpha value is -1.56. The number of amides is 1. The quantitative estimate of drug-likeness (QED) is 0.463. The van der Waals surface area contributed by atoms with E-state index in [-0.39, 0.29) is 5.19 Å². The highest BCUT2D eigenvalue weighted by molar-refractivity contribution is 7.13. The van der Waals surface area contributed by atoms with Crippen molar-refractivity contribution in [3.8, 4) is 5.19 Å². The van der Waals surface area contributed by atoms with Crippen molar-refractivity contribution >= 4 is 17.2 Å². The number of hydrogen-bond donors (Lipinski definition) is 1. The molecule has 0 aromatic carbocycles. The summed E-state index contributed by atoms with van der Waals surface area (Å²) in [6, 6.07) is 0. The largest absolute Gasteiger partial charge is 0.460 e. The van der Waals surface area contributed by atoms with Crippen LogP contribution in [0, 0.1) is 0 Å². The van der Waals surface area contributed by atoms with Gasteiger partial charge in [0.2, 0.25) is 5.91 Å². The lowest BCUT2D eigenvalue weighted by molar-refractivity contribution is -0.153. The molecule has 29 heavy (non-hydrogen) atoms. The van der Waals surface area contributed by atoms with Crippen LogP contribution in [0.1, 0.15) is 36.3 Å². The number of halogens is 6. The van der Waals surface area contributed by atoms with Gasteiger partial charge in [0.05, 0.1) is 12.1 Å². The first-order valence-corrected chi connectivity index (χ1v) is 10.1. The van der Waals surface area contributed by atoms with Gasteiger partial charge in [-0.05, 0) is 25.8 Å². The summed E-state index contributed by atoms with van der Waals surface area (Å²) in [5.41, 5.74) is 0.770. The molecule has 1 aromatic rings. The predicted octanol–water partition coefficient (Wildman–Crippen LogP) is 3.72. The highest BCUT2D eigenvalue weighted by Crippen LogP contribution is 2.29. The number of nitrogens with zero attached hydrogens (tertiary/aromatic N) is 2. The van der Waals surface area contributed by atoms with E-state index < -0.39 is 37.7 Å². The molecule has 0 bridgehead atoms. The Morgan fingerprint density at radius 3 is 2.52 bits per heavy atom. The lowest BCUT2D eigenvalue weighted by Gasteiger charge is -2.19. The van der Waals surface area contributed by atoms with Crippen LogP contribution < -0.4 is 10.1 Å². The number of unbranched alkanes of at least 4 members (excludes halogenated alkanes) is 1. The smallest absolute Gasteiger partial charge is 0.422 e. The molecule has 0 unspecified atom stereocenters. The SMILES string of the molecule is O=C(CCC(F)(F)F)NCCCCN1CCc2nc(OCC(F)(F)F)sc2CC1. The molecular weight excluding hydrogens is 424 g/mol. The summed E-state index contributed by atoms with van der Waals surface area (Å²) < 4.78 is 77.5. The van der Waals surface area contributed by atoms with Crippen molar-refractivity contribution in [2.45, 2.75) is 50.9 Å². The highest BCUT2D eigenvalue weighted by Gasteiger charge is 2.30. The van der Waals surface area contributed by atoms with Gasteiger partial charge in [0, 0.05) is 37.4 Å². The Bertz CT molecular complexity index is 637. The zero-order chi connectivity index (χ0) is 21.5. The second-order valence-corrected chi connectivity index (χ2v) is 7.81. The molecule has 2 rings (SSSR count). The Morgan fingerprint density at radius 2 is 1.83 bits per heavy atom. The predicted molar refractivity (Wildman–Crippen MR) is 95.0 cm³/mol. The average molecular weight is 447 g/mol. The van der Waals surface area contributed by atoms with E-state index in [1.165, 1.54) is 0 Å². The topological polar surface area (TPSA) is 54.5 Å². The monoisotopic (exact) mass is 447 g/mol. The van der Waals surface area contributed by atoms with Crippen molar-refractivity contribution < 1.29 is 35.9 Å². The van der Waals surface area contributed by atoms with Gasteiger partial charge in [-0.25, -0.2) is 4.98 Å². The van der Waals surface area contributed by atoms with Crippen molar-refractivity contribution in [1.82, 2.24) is 15.2 Å². The molecule has 166 valence electrons. The fourth-order valence-corrected chi connectivity index (χ4v) is 3.79. The van der Waals surface area contributed by atoms with Crippen LogP contribution in [-0.2, 0) is 17.6 Å². The van der Waals surface area contributed by atoms with Crippen LogP contribution in [-0.4, -0.2) is 60.9 Å². The maximum atomic E-state index is 12.2. The van der Waals surface area contributed by atoms with Crippen LogP contribution in [0.2, 0.25) is 0 Å². The number of alkyl halides is 6. The van der Waals surface area contributed by atoms with Crippen molar-refractivity contribution in [3.05, 3.63) is 10.6 Å². The normalized spacial score (nSPS) is 15.7. The van der Waals surface area contributed by atoms with Gasteiger partial charge < -0.3 is 15.0 Å². The summed E-state index contributed by atoms with van der Waals surface area (Å²) in [7, 11) is 0. The second kappa shape index (κ2) is 10.5. The number of ether oxygens (including phenoxy) is 1. The molecule has 0 fully saturated rings. The minimum absolute atomic E-state index is 0.0436. The first-order valence-electron chi connectivity index (χ1n) is 9.26. The van der Waals surface area contributed by atoms with Crippen LogP contribution in [0.25, 0.3) is 0 Å². The minimum Gasteiger partial charge on any atom is -0.460 e. The third kappa shape index (κ3) is 9.66. The average Bonchev–Trinajstić information content (AvgIpc) is 2.91. The van der Waals surface area contributed by atoms with Gasteiger partial charge in [-0.15, -0.1) is 0 Å². The van der Waals surface area contributed by atoms with Crippen LogP contribution in [0.3, 0.4) is 0 Å². The fraction of sp³-hybridized carbons (Fsp3) is 0.765. The first-order chi connectivity index (χ1) is 13.5. The standard InChI is InChI=1S/C17H23F6N3O2S/c18-16(19,20)6-3-14(27)24-7-1-2-8-26-9-4-12-13(5-10-26)29-15(25-12)28-11-17(21,22)23/h1-11H2,(H,24,27). The molecule has 0 radical (unpaired) electrons. The lowest BCUT2D eigenvalue weighted by Crippen LogP contribution is -2.29. The van der Waals surface area contributed by atoms with Crippen LogP contribution in [0.4, 0.5) is 26.3 Å². The summed E-state index contributed by atoms with van der Waals surface area (Å²) >= 11 is 1.15. The Kier molecular flexibility index (Phi) is 8.56. The molecule has 2 heterocycles. The van der Waals surface area contributed by atoms with Gasteiger partial charge >= 0.3 is 12.4 Å². The van der Waals surface area contributed by atoms with Gasteiger partial charge in [0.1, 0.15) is 0 Å². The maximum absolute atomic E-state index is 12.2. The van der Waals surface area contributed by atoms with E-state index in [2.05, 4.69) is 15.2 Å². The van der Waals surface area contributed by atoms with Gasteiger partial charge in [0.25, 0.3) is 5.19 Å². The van der Waals surface area contributed by atoms with Crippen LogP contribution >= 0.6 is 11.3 Å². The van der Waals surface area contributed by atoms with E-state index in [1.807, 2.05) is 0 Å². The summed E-state index contributed by atoms with van der Waals surface area (Å²) in [5, 5.41) is 2.53. The number of carbonyl (C=O) groups excluding carboxylic acids is 1. The maximum Gasteiger partial charge on any atom is 0.422 e. The minimum atomic E-state index is -4.39. The van der Waals surface area contributed by atoms with E-state index in [0.29, 0.717) is 32.4 Å². The molecule has 12 heteroatoms. The number of rotatable bonds is 9. The molecule has 1 amide bonds. The molecule has 1 aliphatic heterocycles. The van der Waals surface area contributed by atoms with Gasteiger partial charge in [-0.1, -0.05) is 11.3 Å². The van der Waals surface area contributed by atoms with Crippen molar-refractivity contribution in [2.24, 2.45) is 0 Å². The van der Waals surface area contributed by atoms with Gasteiger partial charge in [0.15, 0.2) is 6.61 Å². The number of aromatic nitrogens is 1. The van der Waals surface area contributed by atoms with Crippen molar-refractivity contribution in [2.75, 3.05) is 32.8 Å². The molecule has 1 N–H and O–H groups in total. The molecule has 0 spiro atoms. The molecule has 0 aliphatic carbocycles.